The Morgan fingerprint density at radius 2 is 1.65 bits per heavy atom. The second-order valence-electron chi connectivity index (χ2n) is 9.79. The number of benzene rings is 1. The molecule has 3 fully saturated rings. The van der Waals surface area contributed by atoms with E-state index in [0.29, 0.717) is 23.9 Å². The van der Waals surface area contributed by atoms with E-state index in [4.69, 9.17) is 0 Å². The third kappa shape index (κ3) is 5.49. The number of carbonyl (C=O) groups is 1. The van der Waals surface area contributed by atoms with Crippen LogP contribution in [0.1, 0.15) is 45.4 Å². The Morgan fingerprint density at radius 1 is 0.935 bits per heavy atom. The van der Waals surface area contributed by atoms with Crippen LogP contribution in [-0.4, -0.2) is 74.2 Å². The maximum Gasteiger partial charge on any atom is 0.243 e. The minimum atomic E-state index is -3.54. The summed E-state index contributed by atoms with van der Waals surface area (Å²) in [6, 6.07) is 8.58. The average Bonchev–Trinajstić information content (AvgIpc) is 2.81. The van der Waals surface area contributed by atoms with Crippen LogP contribution in [0.2, 0.25) is 0 Å². The van der Waals surface area contributed by atoms with E-state index in [2.05, 4.69) is 11.8 Å². The van der Waals surface area contributed by atoms with Crippen molar-refractivity contribution in [3.63, 3.8) is 0 Å². The summed E-state index contributed by atoms with van der Waals surface area (Å²) in [4.78, 5) is 18.3. The molecular formula is C24H37N3O3S. The Hall–Kier alpha value is -1.44. The zero-order valence-electron chi connectivity index (χ0n) is 18.8. The second kappa shape index (κ2) is 10.0. The molecule has 7 heteroatoms. The van der Waals surface area contributed by atoms with Crippen LogP contribution in [-0.2, 0) is 14.8 Å². The molecule has 172 valence electrons. The van der Waals surface area contributed by atoms with Gasteiger partial charge in [0.15, 0.2) is 0 Å². The lowest BCUT2D eigenvalue weighted by Gasteiger charge is -2.40. The fourth-order valence-electron chi connectivity index (χ4n) is 5.39. The molecule has 31 heavy (non-hydrogen) atoms. The molecule has 4 rings (SSSR count). The van der Waals surface area contributed by atoms with Gasteiger partial charge < -0.3 is 9.80 Å². The number of likely N-dealkylation sites (tertiary alicyclic amines) is 2. The molecule has 0 radical (unpaired) electrons. The van der Waals surface area contributed by atoms with Gasteiger partial charge in [0.2, 0.25) is 15.9 Å². The Bertz CT molecular complexity index is 837. The minimum Gasteiger partial charge on any atom is -0.342 e. The molecule has 3 saturated heterocycles. The first kappa shape index (κ1) is 22.7. The van der Waals surface area contributed by atoms with Crippen LogP contribution in [0.3, 0.4) is 0 Å². The normalized spacial score (nSPS) is 27.3. The molecule has 3 heterocycles. The van der Waals surface area contributed by atoms with Crippen molar-refractivity contribution >= 4 is 15.9 Å². The lowest BCUT2D eigenvalue weighted by Crippen LogP contribution is -2.50. The summed E-state index contributed by atoms with van der Waals surface area (Å²) < 4.78 is 27.6. The summed E-state index contributed by atoms with van der Waals surface area (Å²) in [5.41, 5.74) is 0. The fourth-order valence-corrected chi connectivity index (χ4v) is 6.93. The molecule has 0 aliphatic carbocycles. The van der Waals surface area contributed by atoms with Gasteiger partial charge in [-0.2, -0.15) is 4.31 Å². The number of hydrogen-bond donors (Lipinski definition) is 0. The van der Waals surface area contributed by atoms with Crippen LogP contribution in [0.15, 0.2) is 35.2 Å². The Morgan fingerprint density at radius 3 is 2.39 bits per heavy atom. The highest BCUT2D eigenvalue weighted by atomic mass is 32.2. The van der Waals surface area contributed by atoms with Crippen LogP contribution in [0, 0.1) is 17.8 Å². The number of carbonyl (C=O) groups excluding carboxylic acids is 1. The Labute approximate surface area is 187 Å². The van der Waals surface area contributed by atoms with Crippen molar-refractivity contribution in [1.29, 1.82) is 0 Å². The van der Waals surface area contributed by atoms with E-state index in [9.17, 15) is 13.2 Å². The van der Waals surface area contributed by atoms with Crippen molar-refractivity contribution in [2.24, 2.45) is 17.8 Å². The van der Waals surface area contributed by atoms with Crippen molar-refractivity contribution in [3.8, 4) is 0 Å². The zero-order chi connectivity index (χ0) is 21.8. The lowest BCUT2D eigenvalue weighted by molar-refractivity contribution is -0.138. The highest BCUT2D eigenvalue weighted by molar-refractivity contribution is 7.89. The number of amides is 1. The molecule has 1 aromatic carbocycles. The monoisotopic (exact) mass is 447 g/mol. The Kier molecular flexibility index (Phi) is 7.34. The van der Waals surface area contributed by atoms with Crippen molar-refractivity contribution in [2.75, 3.05) is 45.8 Å². The predicted octanol–water partition coefficient (Wildman–Crippen LogP) is 3.06. The van der Waals surface area contributed by atoms with Crippen LogP contribution in [0.4, 0.5) is 0 Å². The molecule has 3 aliphatic rings. The van der Waals surface area contributed by atoms with Crippen molar-refractivity contribution in [3.05, 3.63) is 30.3 Å². The molecule has 0 spiro atoms. The van der Waals surface area contributed by atoms with Gasteiger partial charge >= 0.3 is 0 Å². The van der Waals surface area contributed by atoms with Crippen molar-refractivity contribution in [2.45, 2.75) is 50.3 Å². The van der Waals surface area contributed by atoms with Gasteiger partial charge in [0.1, 0.15) is 0 Å². The summed E-state index contributed by atoms with van der Waals surface area (Å²) in [6.07, 6.45) is 6.33. The predicted molar refractivity (Wildman–Crippen MR) is 122 cm³/mol. The van der Waals surface area contributed by atoms with Crippen molar-refractivity contribution < 1.29 is 13.2 Å². The lowest BCUT2D eigenvalue weighted by atomic mass is 9.92. The van der Waals surface area contributed by atoms with E-state index >= 15 is 0 Å². The molecule has 2 unspecified atom stereocenters. The first-order chi connectivity index (χ1) is 14.9. The molecule has 2 atom stereocenters. The Balaban J connectivity index is 1.35. The topological polar surface area (TPSA) is 60.9 Å². The number of rotatable bonds is 5. The van der Waals surface area contributed by atoms with Crippen molar-refractivity contribution in [1.82, 2.24) is 14.1 Å². The van der Waals surface area contributed by atoms with Crippen LogP contribution >= 0.6 is 0 Å². The third-order valence-corrected chi connectivity index (χ3v) is 9.22. The molecule has 1 aromatic rings. The van der Waals surface area contributed by atoms with E-state index < -0.39 is 10.0 Å². The van der Waals surface area contributed by atoms with Gasteiger partial charge in [-0.25, -0.2) is 8.42 Å². The number of piperidine rings is 3. The van der Waals surface area contributed by atoms with Crippen LogP contribution in [0.5, 0.6) is 0 Å². The maximum atomic E-state index is 13.3. The largest absolute Gasteiger partial charge is 0.342 e. The smallest absolute Gasteiger partial charge is 0.243 e. The highest BCUT2D eigenvalue weighted by Crippen LogP contribution is 2.27. The number of nitrogens with zero attached hydrogens (tertiary/aromatic N) is 3. The van der Waals surface area contributed by atoms with E-state index in [1.165, 1.54) is 36.7 Å². The molecule has 0 N–H and O–H groups in total. The van der Waals surface area contributed by atoms with E-state index in [1.54, 1.807) is 24.3 Å². The third-order valence-electron chi connectivity index (χ3n) is 7.34. The quantitative estimate of drug-likeness (QED) is 0.696. The van der Waals surface area contributed by atoms with E-state index in [-0.39, 0.29) is 11.8 Å². The van der Waals surface area contributed by atoms with Gasteiger partial charge in [0.25, 0.3) is 0 Å². The van der Waals surface area contributed by atoms with Gasteiger partial charge in [-0.1, -0.05) is 25.1 Å². The van der Waals surface area contributed by atoms with E-state index in [0.717, 1.165) is 44.8 Å². The summed E-state index contributed by atoms with van der Waals surface area (Å²) in [7, 11) is -3.54. The summed E-state index contributed by atoms with van der Waals surface area (Å²) in [5.74, 6) is 1.31. The SMILES string of the molecule is CC1CCN(CC2CCCN(C(=O)C3CCCN(S(=O)(=O)c4ccccc4)C3)C2)CC1. The van der Waals surface area contributed by atoms with E-state index in [1.807, 2.05) is 11.0 Å². The number of sulfonamides is 1. The van der Waals surface area contributed by atoms with Gasteiger partial charge in [0, 0.05) is 32.7 Å². The van der Waals surface area contributed by atoms with Gasteiger partial charge in [-0.05, 0) is 75.6 Å². The van der Waals surface area contributed by atoms with Gasteiger partial charge in [0.05, 0.1) is 10.8 Å². The molecule has 3 aliphatic heterocycles. The molecular weight excluding hydrogens is 410 g/mol. The summed E-state index contributed by atoms with van der Waals surface area (Å²) >= 11 is 0. The van der Waals surface area contributed by atoms with Gasteiger partial charge in [-0.15, -0.1) is 0 Å². The molecule has 0 aromatic heterocycles. The van der Waals surface area contributed by atoms with Gasteiger partial charge in [-0.3, -0.25) is 4.79 Å². The molecule has 0 saturated carbocycles. The molecule has 0 bridgehead atoms. The minimum absolute atomic E-state index is 0.157. The molecule has 1 amide bonds. The zero-order valence-corrected chi connectivity index (χ0v) is 19.6. The number of hydrogen-bond acceptors (Lipinski definition) is 4. The fraction of sp³-hybridized carbons (Fsp3) is 0.708. The standard InChI is InChI=1S/C24H37N3O3S/c1-20-11-15-25(16-12-20)17-21-7-5-13-26(18-21)24(28)22-8-6-14-27(19-22)31(29,30)23-9-3-2-4-10-23/h2-4,9-10,20-22H,5-8,11-19H2,1H3. The highest BCUT2D eigenvalue weighted by Gasteiger charge is 2.36. The summed E-state index contributed by atoms with van der Waals surface area (Å²) in [5, 5.41) is 0. The summed E-state index contributed by atoms with van der Waals surface area (Å²) in [6.45, 7) is 8.24. The first-order valence-corrected chi connectivity index (χ1v) is 13.4. The van der Waals surface area contributed by atoms with Crippen LogP contribution in [0.25, 0.3) is 0 Å². The first-order valence-electron chi connectivity index (χ1n) is 12.0. The van der Waals surface area contributed by atoms with Crippen LogP contribution < -0.4 is 0 Å². The molecule has 6 nitrogen and oxygen atoms in total. The maximum absolute atomic E-state index is 13.3. The average molecular weight is 448 g/mol. The second-order valence-corrected chi connectivity index (χ2v) is 11.7.